The third kappa shape index (κ3) is 1.67. The van der Waals surface area contributed by atoms with Gasteiger partial charge in [0.15, 0.2) is 0 Å². The van der Waals surface area contributed by atoms with E-state index >= 15 is 0 Å². The van der Waals surface area contributed by atoms with Crippen LogP contribution >= 0.6 is 11.8 Å². The van der Waals surface area contributed by atoms with E-state index in [2.05, 4.69) is 24.0 Å². The van der Waals surface area contributed by atoms with Crippen LogP contribution in [0.15, 0.2) is 0 Å². The molecule has 1 atom stereocenters. The second kappa shape index (κ2) is 3.36. The summed E-state index contributed by atoms with van der Waals surface area (Å²) in [5.41, 5.74) is 0. The summed E-state index contributed by atoms with van der Waals surface area (Å²) < 4.78 is 0. The molecule has 1 aliphatic heterocycles. The van der Waals surface area contributed by atoms with Crippen LogP contribution in [0.2, 0.25) is 0 Å². The van der Waals surface area contributed by atoms with E-state index in [1.807, 2.05) is 0 Å². The van der Waals surface area contributed by atoms with Gasteiger partial charge in [-0.2, -0.15) is 0 Å². The van der Waals surface area contributed by atoms with Gasteiger partial charge in [-0.05, 0) is 25.1 Å². The highest BCUT2D eigenvalue weighted by molar-refractivity contribution is 7.99. The topological polar surface area (TPSA) is 12.0 Å². The van der Waals surface area contributed by atoms with Crippen molar-refractivity contribution in [2.24, 2.45) is 0 Å². The summed E-state index contributed by atoms with van der Waals surface area (Å²) in [5, 5.41) is 4.14. The summed E-state index contributed by atoms with van der Waals surface area (Å²) in [4.78, 5) is 0. The Morgan fingerprint density at radius 2 is 2.50 bits per heavy atom. The molecule has 1 fully saturated rings. The van der Waals surface area contributed by atoms with Crippen LogP contribution in [0.1, 0.15) is 19.8 Å². The fraction of sp³-hybridized carbons (Fsp3) is 1.00. The number of thioether (sulfide) groups is 1. The van der Waals surface area contributed by atoms with E-state index in [4.69, 9.17) is 0 Å². The predicted molar refractivity (Wildman–Crippen MR) is 39.2 cm³/mol. The van der Waals surface area contributed by atoms with Gasteiger partial charge in [0.1, 0.15) is 0 Å². The lowest BCUT2D eigenvalue weighted by Crippen LogP contribution is -2.40. The lowest BCUT2D eigenvalue weighted by Gasteiger charge is -2.26. The zero-order valence-corrected chi connectivity index (χ0v) is 6.13. The van der Waals surface area contributed by atoms with Gasteiger partial charge < -0.3 is 5.32 Å². The van der Waals surface area contributed by atoms with Gasteiger partial charge in [0, 0.05) is 0 Å². The van der Waals surface area contributed by atoms with Crippen LogP contribution in [0.4, 0.5) is 0 Å². The van der Waals surface area contributed by atoms with Crippen molar-refractivity contribution in [1.29, 1.82) is 0 Å². The summed E-state index contributed by atoms with van der Waals surface area (Å²) in [7, 11) is 0. The number of rotatable bonds is 3. The molecule has 1 saturated heterocycles. The van der Waals surface area contributed by atoms with Gasteiger partial charge in [-0.15, -0.1) is 11.8 Å². The van der Waals surface area contributed by atoms with Crippen LogP contribution in [0, 0.1) is 0 Å². The Bertz CT molecular complexity index is 61.5. The first-order valence-electron chi connectivity index (χ1n) is 3.28. The maximum absolute atomic E-state index is 3.34. The van der Waals surface area contributed by atoms with Gasteiger partial charge in [-0.25, -0.2) is 0 Å². The SMILES string of the molecule is CCCSC1CCN1. The molecule has 0 aromatic carbocycles. The molecular formula is C6H13NS. The Morgan fingerprint density at radius 3 is 2.88 bits per heavy atom. The Balaban J connectivity index is 1.86. The van der Waals surface area contributed by atoms with Crippen molar-refractivity contribution in [3.8, 4) is 0 Å². The summed E-state index contributed by atoms with van der Waals surface area (Å²) >= 11 is 2.05. The second-order valence-corrected chi connectivity index (χ2v) is 3.41. The zero-order valence-electron chi connectivity index (χ0n) is 5.31. The zero-order chi connectivity index (χ0) is 5.82. The molecule has 1 nitrogen and oxygen atoms in total. The smallest absolute Gasteiger partial charge is 0.0544 e. The summed E-state index contributed by atoms with van der Waals surface area (Å²) in [5.74, 6) is 1.32. The van der Waals surface area contributed by atoms with Gasteiger partial charge in [0.25, 0.3) is 0 Å². The normalized spacial score (nSPS) is 27.4. The average Bonchev–Trinajstić information content (AvgIpc) is 1.63. The maximum atomic E-state index is 3.34. The molecule has 8 heavy (non-hydrogen) atoms. The van der Waals surface area contributed by atoms with Crippen molar-refractivity contribution >= 4 is 11.8 Å². The number of nitrogens with one attached hydrogen (secondary N) is 1. The van der Waals surface area contributed by atoms with Gasteiger partial charge in [0.05, 0.1) is 5.37 Å². The first kappa shape index (κ1) is 6.43. The fourth-order valence-electron chi connectivity index (χ4n) is 0.665. The highest BCUT2D eigenvalue weighted by Gasteiger charge is 2.14. The Hall–Kier alpha value is 0.310. The number of hydrogen-bond donors (Lipinski definition) is 1. The molecule has 1 unspecified atom stereocenters. The lowest BCUT2D eigenvalue weighted by atomic mass is 10.3. The third-order valence-electron chi connectivity index (χ3n) is 1.30. The molecule has 0 amide bonds. The van der Waals surface area contributed by atoms with E-state index in [-0.39, 0.29) is 0 Å². The average molecular weight is 131 g/mol. The fourth-order valence-corrected chi connectivity index (χ4v) is 1.70. The van der Waals surface area contributed by atoms with Crippen LogP contribution in [-0.4, -0.2) is 17.7 Å². The molecule has 1 rings (SSSR count). The molecule has 0 aromatic rings. The van der Waals surface area contributed by atoms with Crippen molar-refractivity contribution in [2.45, 2.75) is 25.1 Å². The van der Waals surface area contributed by atoms with Crippen LogP contribution in [0.25, 0.3) is 0 Å². The molecule has 0 bridgehead atoms. The van der Waals surface area contributed by atoms with Gasteiger partial charge in [-0.3, -0.25) is 0 Å². The van der Waals surface area contributed by atoms with Crippen molar-refractivity contribution in [3.05, 3.63) is 0 Å². The van der Waals surface area contributed by atoms with Crippen LogP contribution in [0.5, 0.6) is 0 Å². The minimum atomic E-state index is 0.801. The molecule has 1 N–H and O–H groups in total. The predicted octanol–water partition coefficient (Wildman–Crippen LogP) is 1.45. The Morgan fingerprint density at radius 1 is 1.75 bits per heavy atom. The summed E-state index contributed by atoms with van der Waals surface area (Å²) in [6.45, 7) is 3.47. The second-order valence-electron chi connectivity index (χ2n) is 2.10. The van der Waals surface area contributed by atoms with Gasteiger partial charge in [0.2, 0.25) is 0 Å². The van der Waals surface area contributed by atoms with Crippen LogP contribution < -0.4 is 5.32 Å². The molecule has 0 aliphatic carbocycles. The van der Waals surface area contributed by atoms with Crippen molar-refractivity contribution in [2.75, 3.05) is 12.3 Å². The van der Waals surface area contributed by atoms with E-state index in [9.17, 15) is 0 Å². The highest BCUT2D eigenvalue weighted by Crippen LogP contribution is 2.17. The standard InChI is InChI=1S/C6H13NS/c1-2-5-8-6-3-4-7-6/h6-7H,2-5H2,1H3. The highest BCUT2D eigenvalue weighted by atomic mass is 32.2. The molecule has 48 valence electrons. The largest absolute Gasteiger partial charge is 0.305 e. The van der Waals surface area contributed by atoms with E-state index in [1.165, 1.54) is 25.1 Å². The van der Waals surface area contributed by atoms with E-state index < -0.39 is 0 Å². The van der Waals surface area contributed by atoms with Gasteiger partial charge in [-0.1, -0.05) is 6.92 Å². The molecule has 0 spiro atoms. The minimum absolute atomic E-state index is 0.801. The summed E-state index contributed by atoms with van der Waals surface area (Å²) in [6, 6.07) is 0. The monoisotopic (exact) mass is 131 g/mol. The summed E-state index contributed by atoms with van der Waals surface area (Å²) in [6.07, 6.45) is 2.69. The minimum Gasteiger partial charge on any atom is -0.305 e. The third-order valence-corrected chi connectivity index (χ3v) is 2.75. The van der Waals surface area contributed by atoms with Crippen LogP contribution in [-0.2, 0) is 0 Å². The molecule has 2 heteroatoms. The quantitative estimate of drug-likeness (QED) is 0.622. The first-order valence-corrected chi connectivity index (χ1v) is 4.33. The van der Waals surface area contributed by atoms with Crippen LogP contribution in [0.3, 0.4) is 0 Å². The maximum Gasteiger partial charge on any atom is 0.0544 e. The molecule has 0 aromatic heterocycles. The van der Waals surface area contributed by atoms with E-state index in [0.29, 0.717) is 0 Å². The molecular weight excluding hydrogens is 118 g/mol. The van der Waals surface area contributed by atoms with Crippen molar-refractivity contribution < 1.29 is 0 Å². The van der Waals surface area contributed by atoms with Gasteiger partial charge >= 0.3 is 0 Å². The molecule has 1 aliphatic rings. The lowest BCUT2D eigenvalue weighted by molar-refractivity contribution is 0.486. The van der Waals surface area contributed by atoms with Crippen molar-refractivity contribution in [3.63, 3.8) is 0 Å². The Labute approximate surface area is 55.2 Å². The molecule has 0 radical (unpaired) electrons. The molecule has 0 saturated carbocycles. The van der Waals surface area contributed by atoms with E-state index in [1.54, 1.807) is 0 Å². The first-order chi connectivity index (χ1) is 3.93. The Kier molecular flexibility index (Phi) is 2.70. The molecule has 1 heterocycles. The van der Waals surface area contributed by atoms with Crippen molar-refractivity contribution in [1.82, 2.24) is 5.32 Å². The van der Waals surface area contributed by atoms with E-state index in [0.717, 1.165) is 5.37 Å². The number of hydrogen-bond acceptors (Lipinski definition) is 2.